The molecule has 2 heterocycles. The van der Waals surface area contributed by atoms with E-state index < -0.39 is 0 Å². The highest BCUT2D eigenvalue weighted by Gasteiger charge is 1.98. The number of hydrogen-bond donors (Lipinski definition) is 0. The third-order valence-electron chi connectivity index (χ3n) is 0.993. The van der Waals surface area contributed by atoms with Crippen LogP contribution in [0.4, 0.5) is 0 Å². The van der Waals surface area contributed by atoms with E-state index in [-0.39, 0.29) is 33.5 Å². The number of thiazole rings is 1. The summed E-state index contributed by atoms with van der Waals surface area (Å²) in [7, 11) is 0. The molecule has 5 heteroatoms. The van der Waals surface area contributed by atoms with Crippen LogP contribution in [0.15, 0.2) is 27.7 Å². The second-order valence-electron chi connectivity index (χ2n) is 1.67. The fraction of sp³-hybridized carbons (Fsp3) is 0. The first-order valence-electron chi connectivity index (χ1n) is 4.67. The lowest BCUT2D eigenvalue weighted by molar-refractivity contribution is 0.846. The zero-order valence-corrected chi connectivity index (χ0v) is 7.53. The van der Waals surface area contributed by atoms with Crippen LogP contribution in [0.2, 0.25) is 0 Å². The van der Waals surface area contributed by atoms with Gasteiger partial charge in [0.25, 0.3) is 0 Å². The van der Waals surface area contributed by atoms with E-state index in [4.69, 9.17) is 5.48 Å². The maximum absolute atomic E-state index is 7.56. The van der Waals surface area contributed by atoms with Gasteiger partial charge < -0.3 is 0 Å². The minimum atomic E-state index is -0.152. The van der Waals surface area contributed by atoms with Crippen LogP contribution in [0, 0.1) is 0 Å². The van der Waals surface area contributed by atoms with Crippen LogP contribution in [0.25, 0.3) is 5.82 Å². The SMILES string of the molecule is [2H]c1nc(-n2nc(Br)c([2H])c2[2H])c([2H])s1. The van der Waals surface area contributed by atoms with Gasteiger partial charge in [-0.15, -0.1) is 11.3 Å². The monoisotopic (exact) mass is 233 g/mol. The van der Waals surface area contributed by atoms with Crippen molar-refractivity contribution >= 4 is 27.3 Å². The van der Waals surface area contributed by atoms with Gasteiger partial charge in [-0.2, -0.15) is 5.10 Å². The Morgan fingerprint density at radius 2 is 2.64 bits per heavy atom. The van der Waals surface area contributed by atoms with E-state index in [1.807, 2.05) is 0 Å². The van der Waals surface area contributed by atoms with E-state index in [1.165, 1.54) is 0 Å². The van der Waals surface area contributed by atoms with E-state index in [1.54, 1.807) is 0 Å². The average molecular weight is 234 g/mol. The summed E-state index contributed by atoms with van der Waals surface area (Å²) in [6.45, 7) is 0. The lowest BCUT2D eigenvalue weighted by Crippen LogP contribution is -1.93. The van der Waals surface area contributed by atoms with Crippen molar-refractivity contribution in [2.45, 2.75) is 0 Å². The van der Waals surface area contributed by atoms with Crippen LogP contribution >= 0.6 is 27.3 Å². The van der Waals surface area contributed by atoms with Crippen molar-refractivity contribution in [3.63, 3.8) is 0 Å². The molecular formula is C6H4BrN3S. The molecule has 2 aromatic heterocycles. The van der Waals surface area contributed by atoms with E-state index in [9.17, 15) is 0 Å². The summed E-state index contributed by atoms with van der Waals surface area (Å²) in [5, 5.41) is 3.91. The first-order chi connectivity index (χ1) is 7.00. The molecule has 3 nitrogen and oxygen atoms in total. The number of rotatable bonds is 1. The van der Waals surface area contributed by atoms with Gasteiger partial charge in [0.2, 0.25) is 0 Å². The highest BCUT2D eigenvalue weighted by molar-refractivity contribution is 9.10. The predicted molar refractivity (Wildman–Crippen MR) is 46.9 cm³/mol. The lowest BCUT2D eigenvalue weighted by atomic mass is 10.7. The molecule has 56 valence electrons. The topological polar surface area (TPSA) is 30.7 Å². The van der Waals surface area contributed by atoms with Crippen molar-refractivity contribution in [1.29, 1.82) is 0 Å². The van der Waals surface area contributed by atoms with Gasteiger partial charge in [-0.05, 0) is 22.0 Å². The molecule has 0 atom stereocenters. The molecule has 2 rings (SSSR count). The van der Waals surface area contributed by atoms with Crippen molar-refractivity contribution in [1.82, 2.24) is 14.8 Å². The molecule has 0 bridgehead atoms. The standard InChI is InChI=1S/C6H4BrN3S/c7-5-1-2-10(9-5)6-3-11-4-8-6/h1-4H/i1D,2D,3D,4D. The highest BCUT2D eigenvalue weighted by Crippen LogP contribution is 2.10. The smallest absolute Gasteiger partial charge is 0.164 e. The molecule has 0 fully saturated rings. The quantitative estimate of drug-likeness (QED) is 0.756. The van der Waals surface area contributed by atoms with Gasteiger partial charge in [-0.1, -0.05) is 0 Å². The summed E-state index contributed by atoms with van der Waals surface area (Å²) >= 11 is 3.91. The molecule has 0 aliphatic rings. The molecule has 0 aromatic carbocycles. The summed E-state index contributed by atoms with van der Waals surface area (Å²) in [6, 6.07) is -0.0612. The fourth-order valence-corrected chi connectivity index (χ4v) is 1.23. The molecule has 11 heavy (non-hydrogen) atoms. The summed E-state index contributed by atoms with van der Waals surface area (Å²) < 4.78 is 31.1. The van der Waals surface area contributed by atoms with Gasteiger partial charge in [-0.3, -0.25) is 0 Å². The average Bonchev–Trinajstić information content (AvgIpc) is 2.61. The molecule has 0 N–H and O–H groups in total. The van der Waals surface area contributed by atoms with Gasteiger partial charge in [0, 0.05) is 11.5 Å². The molecule has 0 amide bonds. The Bertz CT molecular complexity index is 523. The zero-order valence-electron chi connectivity index (χ0n) is 9.13. The van der Waals surface area contributed by atoms with Gasteiger partial charge >= 0.3 is 0 Å². The molecule has 0 aliphatic heterocycles. The van der Waals surface area contributed by atoms with Gasteiger partial charge in [-0.25, -0.2) is 9.67 Å². The van der Waals surface area contributed by atoms with Crippen LogP contribution in [-0.2, 0) is 0 Å². The van der Waals surface area contributed by atoms with Crippen molar-refractivity contribution in [3.05, 3.63) is 27.7 Å². The summed E-state index contributed by atoms with van der Waals surface area (Å²) in [6.07, 6.45) is -0.152. The third-order valence-corrected chi connectivity index (χ3v) is 1.82. The van der Waals surface area contributed by atoms with Crippen LogP contribution in [0.1, 0.15) is 5.48 Å². The number of halogens is 1. The second kappa shape index (κ2) is 2.75. The number of hydrogen-bond acceptors (Lipinski definition) is 3. The highest BCUT2D eigenvalue weighted by atomic mass is 79.9. The van der Waals surface area contributed by atoms with E-state index in [2.05, 4.69) is 26.0 Å². The summed E-state index contributed by atoms with van der Waals surface area (Å²) in [5.74, 6) is 0.120. The Hall–Kier alpha value is -0.680. The molecule has 2 aromatic rings. The molecule has 0 spiro atoms. The molecule has 0 aliphatic carbocycles. The van der Waals surface area contributed by atoms with Crippen LogP contribution in [0.3, 0.4) is 0 Å². The van der Waals surface area contributed by atoms with E-state index in [0.29, 0.717) is 0 Å². The summed E-state index contributed by atoms with van der Waals surface area (Å²) in [5.41, 5.74) is -0.00690. The third kappa shape index (κ3) is 1.34. The fourth-order valence-electron chi connectivity index (χ4n) is 0.585. The zero-order chi connectivity index (χ0) is 11.2. The minimum absolute atomic E-state index is 0.00690. The first-order valence-corrected chi connectivity index (χ1v) is 4.27. The lowest BCUT2D eigenvalue weighted by Gasteiger charge is -1.90. The minimum Gasteiger partial charge on any atom is -0.226 e. The first kappa shape index (κ1) is 3.82. The van der Waals surface area contributed by atoms with Gasteiger partial charge in [0.15, 0.2) is 5.82 Å². The molecule has 0 radical (unpaired) electrons. The second-order valence-corrected chi connectivity index (χ2v) is 3.01. The van der Waals surface area contributed by atoms with Crippen molar-refractivity contribution in [2.75, 3.05) is 0 Å². The largest absolute Gasteiger partial charge is 0.226 e. The Morgan fingerprint density at radius 1 is 1.73 bits per heavy atom. The van der Waals surface area contributed by atoms with Gasteiger partial charge in [0.1, 0.15) is 4.60 Å². The Labute approximate surface area is 81.4 Å². The Balaban J connectivity index is 2.64. The molecule has 0 saturated heterocycles. The maximum atomic E-state index is 7.56. The van der Waals surface area contributed by atoms with Crippen LogP contribution in [-0.4, -0.2) is 14.8 Å². The van der Waals surface area contributed by atoms with E-state index in [0.717, 1.165) is 16.0 Å². The van der Waals surface area contributed by atoms with Crippen molar-refractivity contribution in [3.8, 4) is 5.82 Å². The van der Waals surface area contributed by atoms with Crippen molar-refractivity contribution in [2.24, 2.45) is 0 Å². The normalized spacial score (nSPS) is 15.4. The number of aromatic nitrogens is 3. The summed E-state index contributed by atoms with van der Waals surface area (Å²) in [4.78, 5) is 3.77. The molecular weight excluding hydrogens is 226 g/mol. The number of nitrogens with zero attached hydrogens (tertiary/aromatic N) is 3. The molecule has 0 unspecified atom stereocenters. The van der Waals surface area contributed by atoms with E-state index >= 15 is 0 Å². The molecule has 0 saturated carbocycles. The van der Waals surface area contributed by atoms with Crippen LogP contribution in [0.5, 0.6) is 0 Å². The van der Waals surface area contributed by atoms with Crippen molar-refractivity contribution < 1.29 is 5.48 Å². The Kier molecular flexibility index (Phi) is 0.954. The van der Waals surface area contributed by atoms with Crippen LogP contribution < -0.4 is 0 Å². The Morgan fingerprint density at radius 3 is 3.18 bits per heavy atom. The maximum Gasteiger partial charge on any atom is 0.164 e. The van der Waals surface area contributed by atoms with Gasteiger partial charge in [0.05, 0.1) is 11.0 Å². The predicted octanol–water partition coefficient (Wildman–Crippen LogP) is 2.09.